The van der Waals surface area contributed by atoms with E-state index in [9.17, 15) is 10.1 Å². The van der Waals surface area contributed by atoms with Gasteiger partial charge in [-0.05, 0) is 55.2 Å². The molecule has 1 saturated carbocycles. The lowest BCUT2D eigenvalue weighted by atomic mass is 9.70. The molecule has 2 aromatic carbocycles. The summed E-state index contributed by atoms with van der Waals surface area (Å²) in [6, 6.07) is 12.9. The van der Waals surface area contributed by atoms with Crippen LogP contribution >= 0.6 is 0 Å². The van der Waals surface area contributed by atoms with Gasteiger partial charge in [0.25, 0.3) is 0 Å². The molecule has 2 aliphatic carbocycles. The molecule has 0 amide bonds. The summed E-state index contributed by atoms with van der Waals surface area (Å²) in [5.41, 5.74) is 7.16. The third kappa shape index (κ3) is 2.76. The Hall–Kier alpha value is -3.10. The Balaban J connectivity index is 1.44. The van der Waals surface area contributed by atoms with E-state index in [-0.39, 0.29) is 11.2 Å². The molecule has 3 aromatic rings. The fourth-order valence-corrected chi connectivity index (χ4v) is 5.75. The highest BCUT2D eigenvalue weighted by Crippen LogP contribution is 2.45. The summed E-state index contributed by atoms with van der Waals surface area (Å²) < 4.78 is 0. The average Bonchev–Trinajstić information content (AvgIpc) is 3.57. The minimum Gasteiger partial charge on any atom is -0.369 e. The van der Waals surface area contributed by atoms with Crippen molar-refractivity contribution >= 4 is 22.4 Å². The van der Waals surface area contributed by atoms with E-state index in [1.165, 1.54) is 24.1 Å². The smallest absolute Gasteiger partial charge is 0.195 e. The molecule has 32 heavy (non-hydrogen) atoms. The quantitative estimate of drug-likeness (QED) is 0.658. The Morgan fingerprint density at radius 1 is 1.09 bits per heavy atom. The molecule has 1 N–H and O–H groups in total. The molecule has 5 heteroatoms. The first-order valence-corrected chi connectivity index (χ1v) is 11.6. The van der Waals surface area contributed by atoms with Gasteiger partial charge in [0.2, 0.25) is 0 Å². The molecule has 0 unspecified atom stereocenters. The normalized spacial score (nSPS) is 20.2. The fourth-order valence-electron chi connectivity index (χ4n) is 5.75. The van der Waals surface area contributed by atoms with Crippen molar-refractivity contribution in [1.29, 1.82) is 5.26 Å². The number of aromatic amines is 1. The second kappa shape index (κ2) is 6.70. The number of carbonyl (C=O) groups excluding carboxylic acids is 1. The van der Waals surface area contributed by atoms with Gasteiger partial charge in [-0.1, -0.05) is 19.9 Å². The number of nitrogens with one attached hydrogen (secondary N) is 1. The summed E-state index contributed by atoms with van der Waals surface area (Å²) in [6.45, 7) is 10.8. The highest BCUT2D eigenvalue weighted by atomic mass is 16.1. The number of ketones is 1. The number of piperazine rings is 1. The van der Waals surface area contributed by atoms with E-state index in [0.29, 0.717) is 5.56 Å². The Morgan fingerprint density at radius 2 is 1.84 bits per heavy atom. The zero-order valence-electron chi connectivity index (χ0n) is 19.0. The first kappa shape index (κ1) is 19.6. The topological polar surface area (TPSA) is 63.1 Å². The van der Waals surface area contributed by atoms with Crippen molar-refractivity contribution in [2.75, 3.05) is 31.1 Å². The molecule has 1 aromatic heterocycles. The van der Waals surface area contributed by atoms with Crippen molar-refractivity contribution < 1.29 is 4.79 Å². The molecule has 2 heterocycles. The van der Waals surface area contributed by atoms with Crippen LogP contribution in [0.15, 0.2) is 30.3 Å². The Bertz CT molecular complexity index is 1310. The molecular weight excluding hydrogens is 396 g/mol. The number of nitriles is 1. The number of aryl methyl sites for hydroxylation is 1. The van der Waals surface area contributed by atoms with E-state index in [0.717, 1.165) is 65.5 Å². The minimum atomic E-state index is -0.331. The summed E-state index contributed by atoms with van der Waals surface area (Å²) >= 11 is 0. The monoisotopic (exact) mass is 424 g/mol. The number of aromatic nitrogens is 1. The number of hydrogen-bond acceptors (Lipinski definition) is 4. The zero-order chi connectivity index (χ0) is 22.2. The highest BCUT2D eigenvalue weighted by Gasteiger charge is 2.40. The van der Waals surface area contributed by atoms with Gasteiger partial charge in [0, 0.05) is 65.5 Å². The SMILES string of the molecule is Cc1cc2c(cc1N1CCN(C3CC3)CC1)C(C)(C)c1[nH]c3cc(C#N)ccc3c1C2=O. The molecule has 0 radical (unpaired) electrons. The van der Waals surface area contributed by atoms with Gasteiger partial charge in [0.1, 0.15) is 0 Å². The largest absolute Gasteiger partial charge is 0.369 e. The van der Waals surface area contributed by atoms with Crippen LogP contribution in [-0.4, -0.2) is 47.9 Å². The lowest BCUT2D eigenvalue weighted by Crippen LogP contribution is -2.47. The number of nitrogens with zero attached hydrogens (tertiary/aromatic N) is 3. The first-order chi connectivity index (χ1) is 15.4. The first-order valence-electron chi connectivity index (χ1n) is 11.6. The number of rotatable bonds is 2. The summed E-state index contributed by atoms with van der Waals surface area (Å²) in [5.74, 6) is 0.0819. The predicted octanol–water partition coefficient (Wildman–Crippen LogP) is 4.50. The van der Waals surface area contributed by atoms with Crippen molar-refractivity contribution in [1.82, 2.24) is 9.88 Å². The third-order valence-corrected chi connectivity index (χ3v) is 7.75. The van der Waals surface area contributed by atoms with Crippen LogP contribution in [-0.2, 0) is 5.41 Å². The molecular formula is C27H28N4O. The number of carbonyl (C=O) groups is 1. The van der Waals surface area contributed by atoms with Crippen LogP contribution in [0.4, 0.5) is 5.69 Å². The maximum atomic E-state index is 13.7. The van der Waals surface area contributed by atoms with Gasteiger partial charge in [0.15, 0.2) is 5.78 Å². The van der Waals surface area contributed by atoms with Crippen molar-refractivity contribution in [2.45, 2.75) is 45.1 Å². The van der Waals surface area contributed by atoms with Gasteiger partial charge < -0.3 is 9.88 Å². The summed E-state index contributed by atoms with van der Waals surface area (Å²) in [5, 5.41) is 10.2. The van der Waals surface area contributed by atoms with Crippen LogP contribution in [0.3, 0.4) is 0 Å². The Labute approximate surface area is 188 Å². The molecule has 1 aliphatic heterocycles. The van der Waals surface area contributed by atoms with Crippen LogP contribution in [0, 0.1) is 18.3 Å². The molecule has 0 atom stereocenters. The van der Waals surface area contributed by atoms with Crippen molar-refractivity contribution in [3.63, 3.8) is 0 Å². The Morgan fingerprint density at radius 3 is 2.53 bits per heavy atom. The molecule has 0 bridgehead atoms. The van der Waals surface area contributed by atoms with Crippen LogP contribution in [0.2, 0.25) is 0 Å². The second-order valence-corrected chi connectivity index (χ2v) is 10.1. The molecule has 6 rings (SSSR count). The van der Waals surface area contributed by atoms with Crippen molar-refractivity contribution in [3.05, 3.63) is 63.8 Å². The zero-order valence-corrected chi connectivity index (χ0v) is 19.0. The van der Waals surface area contributed by atoms with Gasteiger partial charge in [-0.3, -0.25) is 9.69 Å². The van der Waals surface area contributed by atoms with E-state index < -0.39 is 0 Å². The number of anilines is 1. The second-order valence-electron chi connectivity index (χ2n) is 10.1. The molecule has 162 valence electrons. The lowest BCUT2D eigenvalue weighted by Gasteiger charge is -2.39. The van der Waals surface area contributed by atoms with Gasteiger partial charge in [-0.25, -0.2) is 0 Å². The minimum absolute atomic E-state index is 0.0819. The van der Waals surface area contributed by atoms with Crippen LogP contribution < -0.4 is 4.90 Å². The van der Waals surface area contributed by atoms with Crippen LogP contribution in [0.1, 0.15) is 65.0 Å². The summed E-state index contributed by atoms with van der Waals surface area (Å²) in [4.78, 5) is 22.3. The molecule has 2 fully saturated rings. The standard InChI is InChI=1S/C27H28N4O/c1-16-12-20-21(14-23(16)31-10-8-30(9-11-31)18-5-6-18)27(2,3)26-24(25(20)32)19-7-4-17(15-28)13-22(19)29-26/h4,7,12-14,18,29H,5-6,8-11H2,1-3H3. The van der Waals surface area contributed by atoms with Gasteiger partial charge >= 0.3 is 0 Å². The number of benzene rings is 2. The molecule has 5 nitrogen and oxygen atoms in total. The van der Waals surface area contributed by atoms with E-state index in [2.05, 4.69) is 53.8 Å². The molecule has 1 saturated heterocycles. The Kier molecular flexibility index (Phi) is 4.10. The molecule has 3 aliphatic rings. The summed E-state index contributed by atoms with van der Waals surface area (Å²) in [6.07, 6.45) is 2.72. The maximum Gasteiger partial charge on any atom is 0.195 e. The number of hydrogen-bond donors (Lipinski definition) is 1. The molecule has 0 spiro atoms. The lowest BCUT2D eigenvalue weighted by molar-refractivity contribution is 0.103. The highest BCUT2D eigenvalue weighted by molar-refractivity contribution is 6.20. The van der Waals surface area contributed by atoms with Crippen molar-refractivity contribution in [3.8, 4) is 6.07 Å². The van der Waals surface area contributed by atoms with Crippen LogP contribution in [0.5, 0.6) is 0 Å². The average molecular weight is 425 g/mol. The van der Waals surface area contributed by atoms with Gasteiger partial charge in [0.05, 0.1) is 17.2 Å². The van der Waals surface area contributed by atoms with E-state index in [1.807, 2.05) is 12.1 Å². The van der Waals surface area contributed by atoms with Crippen LogP contribution in [0.25, 0.3) is 10.9 Å². The fraction of sp³-hybridized carbons (Fsp3) is 0.407. The number of fused-ring (bicyclic) bond motifs is 4. The third-order valence-electron chi connectivity index (χ3n) is 7.75. The summed E-state index contributed by atoms with van der Waals surface area (Å²) in [7, 11) is 0. The van der Waals surface area contributed by atoms with E-state index in [1.54, 1.807) is 6.07 Å². The van der Waals surface area contributed by atoms with Crippen molar-refractivity contribution in [2.24, 2.45) is 0 Å². The van der Waals surface area contributed by atoms with E-state index in [4.69, 9.17) is 0 Å². The van der Waals surface area contributed by atoms with Gasteiger partial charge in [-0.2, -0.15) is 5.26 Å². The number of H-pyrrole nitrogens is 1. The van der Waals surface area contributed by atoms with E-state index >= 15 is 0 Å². The van der Waals surface area contributed by atoms with Gasteiger partial charge in [-0.15, -0.1) is 0 Å². The maximum absolute atomic E-state index is 13.7. The predicted molar refractivity (Wildman–Crippen MR) is 127 cm³/mol.